The van der Waals surface area contributed by atoms with E-state index in [-0.39, 0.29) is 12.0 Å². The Kier molecular flexibility index (Phi) is 6.47. The molecule has 1 saturated heterocycles. The second-order valence-corrected chi connectivity index (χ2v) is 6.69. The number of unbranched alkanes of at least 4 members (excludes halogenated alkanes) is 1. The van der Waals surface area contributed by atoms with Gasteiger partial charge in [-0.05, 0) is 29.7 Å². The Hall–Kier alpha value is -2.82. The minimum absolute atomic E-state index is 0.00797. The van der Waals surface area contributed by atoms with Crippen LogP contribution in [0.5, 0.6) is 0 Å². The van der Waals surface area contributed by atoms with Crippen LogP contribution in [-0.4, -0.2) is 54.6 Å². The van der Waals surface area contributed by atoms with Crippen LogP contribution < -0.4 is 0 Å². The quantitative estimate of drug-likeness (QED) is 0.750. The zero-order chi connectivity index (χ0) is 19.1. The normalized spacial score (nSPS) is 14.1. The smallest absolute Gasteiger partial charge is 0.409 e. The first-order valence-electron chi connectivity index (χ1n) is 9.55. The fourth-order valence-electron chi connectivity index (χ4n) is 3.11. The zero-order valence-electron chi connectivity index (χ0n) is 15.8. The van der Waals surface area contributed by atoms with Crippen molar-refractivity contribution in [2.75, 3.05) is 32.8 Å². The summed E-state index contributed by atoms with van der Waals surface area (Å²) in [6.07, 6.45) is 1.60. The van der Waals surface area contributed by atoms with Crippen molar-refractivity contribution >= 4 is 12.0 Å². The van der Waals surface area contributed by atoms with Crippen LogP contribution in [0.4, 0.5) is 4.79 Å². The molecule has 1 aliphatic heterocycles. The fourth-order valence-corrected chi connectivity index (χ4v) is 3.11. The predicted molar refractivity (Wildman–Crippen MR) is 106 cm³/mol. The number of carbonyl (C=O) groups excluding carboxylic acids is 2. The zero-order valence-corrected chi connectivity index (χ0v) is 15.8. The molecule has 5 nitrogen and oxygen atoms in total. The average molecular weight is 366 g/mol. The molecule has 1 heterocycles. The summed E-state index contributed by atoms with van der Waals surface area (Å²) in [5, 5.41) is 0. The third-order valence-corrected chi connectivity index (χ3v) is 4.79. The Bertz CT molecular complexity index is 751. The lowest BCUT2D eigenvalue weighted by atomic mass is 10.0. The minimum Gasteiger partial charge on any atom is -0.449 e. The highest BCUT2D eigenvalue weighted by atomic mass is 16.6. The van der Waals surface area contributed by atoms with Crippen molar-refractivity contribution in [1.29, 1.82) is 0 Å². The molecule has 0 atom stereocenters. The number of nitrogens with zero attached hydrogens (tertiary/aromatic N) is 2. The molecular formula is C22H26N2O3. The van der Waals surface area contributed by atoms with E-state index >= 15 is 0 Å². The SMILES string of the molecule is CCCCOC(=O)N1CCN(C(=O)c2ccc(-c3ccccc3)cc2)CC1. The van der Waals surface area contributed by atoms with Crippen molar-refractivity contribution in [1.82, 2.24) is 9.80 Å². The van der Waals surface area contributed by atoms with Gasteiger partial charge in [0, 0.05) is 31.7 Å². The largest absolute Gasteiger partial charge is 0.449 e. The summed E-state index contributed by atoms with van der Waals surface area (Å²) in [5.41, 5.74) is 2.90. The summed E-state index contributed by atoms with van der Waals surface area (Å²) in [4.78, 5) is 28.2. The van der Waals surface area contributed by atoms with Crippen molar-refractivity contribution in [2.45, 2.75) is 19.8 Å². The first-order chi connectivity index (χ1) is 13.2. The van der Waals surface area contributed by atoms with Gasteiger partial charge in [-0.25, -0.2) is 4.79 Å². The molecular weight excluding hydrogens is 340 g/mol. The van der Waals surface area contributed by atoms with Gasteiger partial charge in [0.15, 0.2) is 0 Å². The van der Waals surface area contributed by atoms with Gasteiger partial charge >= 0.3 is 6.09 Å². The van der Waals surface area contributed by atoms with Crippen molar-refractivity contribution in [3.8, 4) is 11.1 Å². The second-order valence-electron chi connectivity index (χ2n) is 6.69. The molecule has 0 bridgehead atoms. The van der Waals surface area contributed by atoms with Gasteiger partial charge in [-0.2, -0.15) is 0 Å². The van der Waals surface area contributed by atoms with Crippen LogP contribution in [0.3, 0.4) is 0 Å². The van der Waals surface area contributed by atoms with Gasteiger partial charge < -0.3 is 14.5 Å². The maximum absolute atomic E-state index is 12.7. The molecule has 3 rings (SSSR count). The average Bonchev–Trinajstić information content (AvgIpc) is 2.74. The predicted octanol–water partition coefficient (Wildman–Crippen LogP) is 4.05. The molecule has 1 fully saturated rings. The molecule has 5 heteroatoms. The third kappa shape index (κ3) is 4.88. The molecule has 27 heavy (non-hydrogen) atoms. The molecule has 2 amide bonds. The highest BCUT2D eigenvalue weighted by molar-refractivity contribution is 5.94. The lowest BCUT2D eigenvalue weighted by Gasteiger charge is -2.34. The van der Waals surface area contributed by atoms with E-state index in [9.17, 15) is 9.59 Å². The van der Waals surface area contributed by atoms with Gasteiger partial charge in [-0.3, -0.25) is 4.79 Å². The molecule has 1 aliphatic rings. The van der Waals surface area contributed by atoms with Gasteiger partial charge in [0.2, 0.25) is 0 Å². The van der Waals surface area contributed by atoms with E-state index in [2.05, 4.69) is 19.1 Å². The van der Waals surface area contributed by atoms with E-state index < -0.39 is 0 Å². The summed E-state index contributed by atoms with van der Waals surface area (Å²) < 4.78 is 5.24. The van der Waals surface area contributed by atoms with Crippen LogP contribution in [0, 0.1) is 0 Å². The number of rotatable bonds is 5. The van der Waals surface area contributed by atoms with E-state index in [0.29, 0.717) is 38.3 Å². The molecule has 0 unspecified atom stereocenters. The molecule has 0 radical (unpaired) electrons. The number of benzene rings is 2. The number of amides is 2. The topological polar surface area (TPSA) is 49.9 Å². The van der Waals surface area contributed by atoms with E-state index in [1.165, 1.54) is 0 Å². The first-order valence-corrected chi connectivity index (χ1v) is 9.55. The molecule has 0 saturated carbocycles. The molecule has 0 aliphatic carbocycles. The summed E-state index contributed by atoms with van der Waals surface area (Å²) in [6, 6.07) is 17.8. The Morgan fingerprint density at radius 2 is 1.44 bits per heavy atom. The summed E-state index contributed by atoms with van der Waals surface area (Å²) in [5.74, 6) is 0.00797. The highest BCUT2D eigenvalue weighted by Gasteiger charge is 2.25. The van der Waals surface area contributed by atoms with Gasteiger partial charge in [-0.15, -0.1) is 0 Å². The molecule has 2 aromatic rings. The van der Waals surface area contributed by atoms with Crippen molar-refractivity contribution < 1.29 is 14.3 Å². The second kappa shape index (κ2) is 9.21. The van der Waals surface area contributed by atoms with E-state index in [1.807, 2.05) is 42.5 Å². The standard InChI is InChI=1S/C22H26N2O3/c1-2-3-17-27-22(26)24-15-13-23(14-16-24)21(25)20-11-9-19(10-12-20)18-7-5-4-6-8-18/h4-12H,2-3,13-17H2,1H3. The monoisotopic (exact) mass is 366 g/mol. The van der Waals surface area contributed by atoms with Crippen LogP contribution in [0.1, 0.15) is 30.1 Å². The van der Waals surface area contributed by atoms with Gasteiger partial charge in [0.25, 0.3) is 5.91 Å². The molecule has 142 valence electrons. The van der Waals surface area contributed by atoms with Crippen LogP contribution in [0.2, 0.25) is 0 Å². The third-order valence-electron chi connectivity index (χ3n) is 4.79. The molecule has 0 aromatic heterocycles. The van der Waals surface area contributed by atoms with E-state index in [0.717, 1.165) is 24.0 Å². The fraction of sp³-hybridized carbons (Fsp3) is 0.364. The Morgan fingerprint density at radius 3 is 2.07 bits per heavy atom. The summed E-state index contributed by atoms with van der Waals surface area (Å²) in [6.45, 7) is 4.61. The van der Waals surface area contributed by atoms with Crippen LogP contribution in [0.25, 0.3) is 11.1 Å². The number of piperazine rings is 1. The number of ether oxygens (including phenoxy) is 1. The van der Waals surface area contributed by atoms with Gasteiger partial charge in [-0.1, -0.05) is 55.8 Å². The van der Waals surface area contributed by atoms with Crippen molar-refractivity contribution in [3.63, 3.8) is 0 Å². The molecule has 0 N–H and O–H groups in total. The van der Waals surface area contributed by atoms with Crippen molar-refractivity contribution in [3.05, 3.63) is 60.2 Å². The molecule has 0 spiro atoms. The number of hydrogen-bond donors (Lipinski definition) is 0. The maximum Gasteiger partial charge on any atom is 0.409 e. The lowest BCUT2D eigenvalue weighted by molar-refractivity contribution is 0.0557. The van der Waals surface area contributed by atoms with E-state index in [1.54, 1.807) is 9.80 Å². The van der Waals surface area contributed by atoms with Crippen LogP contribution >= 0.6 is 0 Å². The van der Waals surface area contributed by atoms with Gasteiger partial charge in [0.1, 0.15) is 0 Å². The Morgan fingerprint density at radius 1 is 0.852 bits per heavy atom. The number of carbonyl (C=O) groups is 2. The van der Waals surface area contributed by atoms with Crippen molar-refractivity contribution in [2.24, 2.45) is 0 Å². The van der Waals surface area contributed by atoms with E-state index in [4.69, 9.17) is 4.74 Å². The highest BCUT2D eigenvalue weighted by Crippen LogP contribution is 2.20. The van der Waals surface area contributed by atoms with Crippen LogP contribution in [-0.2, 0) is 4.74 Å². The van der Waals surface area contributed by atoms with Crippen LogP contribution in [0.15, 0.2) is 54.6 Å². The maximum atomic E-state index is 12.7. The number of hydrogen-bond acceptors (Lipinski definition) is 3. The Labute approximate surface area is 160 Å². The Balaban J connectivity index is 1.54. The first kappa shape index (κ1) is 19.0. The minimum atomic E-state index is -0.275. The van der Waals surface area contributed by atoms with Gasteiger partial charge in [0.05, 0.1) is 6.61 Å². The summed E-state index contributed by atoms with van der Waals surface area (Å²) in [7, 11) is 0. The summed E-state index contributed by atoms with van der Waals surface area (Å²) >= 11 is 0. The lowest BCUT2D eigenvalue weighted by Crippen LogP contribution is -2.50. The molecule has 2 aromatic carbocycles.